The molecular weight excluding hydrogens is 308 g/mol. The molecule has 4 nitrogen and oxygen atoms in total. The zero-order valence-corrected chi connectivity index (χ0v) is 14.9. The van der Waals surface area contributed by atoms with Crippen LogP contribution in [0.25, 0.3) is 5.70 Å². The lowest BCUT2D eigenvalue weighted by Gasteiger charge is -2.14. The van der Waals surface area contributed by atoms with Crippen LogP contribution < -0.4 is 0 Å². The van der Waals surface area contributed by atoms with Crippen LogP contribution in [0, 0.1) is 11.8 Å². The molecule has 0 saturated carbocycles. The Morgan fingerprint density at radius 1 is 1.39 bits per heavy atom. The van der Waals surface area contributed by atoms with E-state index in [1.54, 1.807) is 4.68 Å². The standard InChI is InChI=1S/C18H23ClN4/c1-5-13-7-15(19)18-17(20-8-13)12(3)11(2)6-16(22-18)14-9-21-23(4)10-14/h6,8-11,13,15H,5,7H2,1-4H3. The highest BCUT2D eigenvalue weighted by Gasteiger charge is 2.28. The van der Waals surface area contributed by atoms with Gasteiger partial charge in [-0.2, -0.15) is 5.10 Å². The molecule has 2 aliphatic heterocycles. The fourth-order valence-corrected chi connectivity index (χ4v) is 3.37. The molecule has 0 spiro atoms. The van der Waals surface area contributed by atoms with Crippen molar-refractivity contribution in [3.05, 3.63) is 35.3 Å². The summed E-state index contributed by atoms with van der Waals surface area (Å²) in [6.07, 6.45) is 10.00. The van der Waals surface area contributed by atoms with E-state index in [-0.39, 0.29) is 11.3 Å². The number of halogens is 1. The Morgan fingerprint density at radius 3 is 2.83 bits per heavy atom. The predicted octanol–water partition coefficient (Wildman–Crippen LogP) is 4.23. The smallest absolute Gasteiger partial charge is 0.0851 e. The van der Waals surface area contributed by atoms with Crippen LogP contribution in [0.2, 0.25) is 0 Å². The summed E-state index contributed by atoms with van der Waals surface area (Å²) in [4.78, 5) is 9.67. The average Bonchev–Trinajstić information content (AvgIpc) is 2.83. The number of nitrogens with zero attached hydrogens (tertiary/aromatic N) is 4. The summed E-state index contributed by atoms with van der Waals surface area (Å²) in [5, 5.41) is 4.15. The van der Waals surface area contributed by atoms with E-state index in [2.05, 4.69) is 38.2 Å². The van der Waals surface area contributed by atoms with Gasteiger partial charge in [0.2, 0.25) is 0 Å². The number of fused-ring (bicyclic) bond motifs is 1. The Bertz CT molecular complexity index is 723. The van der Waals surface area contributed by atoms with Gasteiger partial charge in [-0.05, 0) is 37.2 Å². The van der Waals surface area contributed by atoms with Crippen molar-refractivity contribution < 1.29 is 0 Å². The van der Waals surface area contributed by atoms with Gasteiger partial charge in [-0.1, -0.05) is 19.9 Å². The molecule has 0 aliphatic carbocycles. The summed E-state index contributed by atoms with van der Waals surface area (Å²) in [6, 6.07) is 0. The minimum Gasteiger partial charge on any atom is -0.275 e. The number of aliphatic imine (C=N–C) groups is 2. The lowest BCUT2D eigenvalue weighted by molar-refractivity contribution is 0.640. The van der Waals surface area contributed by atoms with E-state index < -0.39 is 0 Å². The van der Waals surface area contributed by atoms with Gasteiger partial charge in [-0.3, -0.25) is 9.67 Å². The predicted molar refractivity (Wildman–Crippen MR) is 97.0 cm³/mol. The molecule has 3 heterocycles. The van der Waals surface area contributed by atoms with Crippen LogP contribution in [0.15, 0.2) is 39.7 Å². The number of aryl methyl sites for hydroxylation is 1. The minimum absolute atomic E-state index is 0.113. The molecule has 0 aromatic carbocycles. The SMILES string of the molecule is CCC1C=NC2=C(C)C(C)C=C(c3cnn(C)c3)N=C2C(Cl)C1. The molecule has 0 radical (unpaired) electrons. The number of rotatable bonds is 2. The summed E-state index contributed by atoms with van der Waals surface area (Å²) < 4.78 is 1.80. The molecular formula is C18H23ClN4. The Kier molecular flexibility index (Phi) is 4.53. The van der Waals surface area contributed by atoms with E-state index >= 15 is 0 Å². The van der Waals surface area contributed by atoms with Gasteiger partial charge in [0.1, 0.15) is 0 Å². The highest BCUT2D eigenvalue weighted by molar-refractivity contribution is 6.36. The molecule has 3 unspecified atom stereocenters. The molecule has 122 valence electrons. The third kappa shape index (κ3) is 3.18. The van der Waals surface area contributed by atoms with Gasteiger partial charge in [0, 0.05) is 25.0 Å². The summed E-state index contributed by atoms with van der Waals surface area (Å²) in [5.74, 6) is 0.675. The third-order valence-electron chi connectivity index (χ3n) is 4.69. The largest absolute Gasteiger partial charge is 0.275 e. The topological polar surface area (TPSA) is 42.5 Å². The van der Waals surface area contributed by atoms with Crippen LogP contribution in [0.5, 0.6) is 0 Å². The van der Waals surface area contributed by atoms with Gasteiger partial charge < -0.3 is 0 Å². The van der Waals surface area contributed by atoms with Crippen LogP contribution >= 0.6 is 11.6 Å². The number of hydrogen-bond acceptors (Lipinski definition) is 3. The van der Waals surface area contributed by atoms with Gasteiger partial charge >= 0.3 is 0 Å². The second kappa shape index (κ2) is 6.44. The van der Waals surface area contributed by atoms with Crippen molar-refractivity contribution in [3.8, 4) is 0 Å². The Balaban J connectivity index is 2.10. The normalized spacial score (nSPS) is 28.0. The summed E-state index contributed by atoms with van der Waals surface area (Å²) in [5.41, 5.74) is 5.04. The van der Waals surface area contributed by atoms with Crippen LogP contribution in [-0.4, -0.2) is 27.1 Å². The highest BCUT2D eigenvalue weighted by Crippen LogP contribution is 2.33. The van der Waals surface area contributed by atoms with Crippen molar-refractivity contribution in [2.24, 2.45) is 28.9 Å². The molecule has 23 heavy (non-hydrogen) atoms. The molecule has 1 aromatic heterocycles. The first kappa shape index (κ1) is 16.2. The quantitative estimate of drug-likeness (QED) is 0.748. The van der Waals surface area contributed by atoms with Crippen molar-refractivity contribution in [3.63, 3.8) is 0 Å². The molecule has 3 atom stereocenters. The molecule has 0 fully saturated rings. The number of alkyl halides is 1. The number of hydrogen-bond donors (Lipinski definition) is 0. The van der Waals surface area contributed by atoms with Crippen LogP contribution in [0.4, 0.5) is 0 Å². The summed E-state index contributed by atoms with van der Waals surface area (Å²) in [6.45, 7) is 6.48. The molecule has 0 amide bonds. The second-order valence-corrected chi connectivity index (χ2v) is 6.95. The maximum Gasteiger partial charge on any atom is 0.0851 e. The van der Waals surface area contributed by atoms with Crippen LogP contribution in [-0.2, 0) is 7.05 Å². The van der Waals surface area contributed by atoms with E-state index in [0.29, 0.717) is 5.92 Å². The fraction of sp³-hybridized carbons (Fsp3) is 0.500. The molecule has 1 aromatic rings. The molecule has 3 rings (SSSR count). The Labute approximate surface area is 142 Å². The second-order valence-electron chi connectivity index (χ2n) is 6.42. The zero-order valence-electron chi connectivity index (χ0n) is 14.1. The molecule has 2 aliphatic rings. The first-order chi connectivity index (χ1) is 11.0. The van der Waals surface area contributed by atoms with Gasteiger partial charge in [-0.15, -0.1) is 11.6 Å². The van der Waals surface area contributed by atoms with Crippen molar-refractivity contribution >= 4 is 29.2 Å². The van der Waals surface area contributed by atoms with E-state index in [1.807, 2.05) is 19.4 Å². The first-order valence-corrected chi connectivity index (χ1v) is 8.62. The van der Waals surface area contributed by atoms with E-state index in [0.717, 1.165) is 35.5 Å². The fourth-order valence-electron chi connectivity index (χ4n) is 2.99. The minimum atomic E-state index is -0.113. The van der Waals surface area contributed by atoms with Crippen LogP contribution in [0.3, 0.4) is 0 Å². The maximum atomic E-state index is 6.72. The van der Waals surface area contributed by atoms with Gasteiger partial charge in [0.05, 0.1) is 28.7 Å². The van der Waals surface area contributed by atoms with Crippen molar-refractivity contribution in [1.82, 2.24) is 9.78 Å². The lowest BCUT2D eigenvalue weighted by atomic mass is 9.96. The van der Waals surface area contributed by atoms with E-state index in [1.165, 1.54) is 5.57 Å². The zero-order chi connectivity index (χ0) is 16.6. The first-order valence-electron chi connectivity index (χ1n) is 8.18. The Hall–Kier alpha value is -1.68. The summed E-state index contributed by atoms with van der Waals surface area (Å²) >= 11 is 6.72. The number of allylic oxidation sites excluding steroid dienone is 3. The number of aromatic nitrogens is 2. The molecule has 0 N–H and O–H groups in total. The Morgan fingerprint density at radius 2 is 2.17 bits per heavy atom. The van der Waals surface area contributed by atoms with Crippen LogP contribution in [0.1, 0.15) is 39.2 Å². The van der Waals surface area contributed by atoms with Gasteiger partial charge in [0.25, 0.3) is 0 Å². The maximum absolute atomic E-state index is 6.72. The van der Waals surface area contributed by atoms with Crippen molar-refractivity contribution in [2.45, 2.75) is 39.0 Å². The monoisotopic (exact) mass is 330 g/mol. The lowest BCUT2D eigenvalue weighted by Crippen LogP contribution is -2.18. The molecule has 5 heteroatoms. The third-order valence-corrected chi connectivity index (χ3v) is 5.08. The van der Waals surface area contributed by atoms with Gasteiger partial charge in [0.15, 0.2) is 0 Å². The van der Waals surface area contributed by atoms with E-state index in [4.69, 9.17) is 21.6 Å². The summed E-state index contributed by atoms with van der Waals surface area (Å²) in [7, 11) is 1.92. The molecule has 0 saturated heterocycles. The van der Waals surface area contributed by atoms with E-state index in [9.17, 15) is 0 Å². The molecule has 0 bridgehead atoms. The van der Waals surface area contributed by atoms with Crippen molar-refractivity contribution in [1.29, 1.82) is 0 Å². The average molecular weight is 331 g/mol. The highest BCUT2D eigenvalue weighted by atomic mass is 35.5. The van der Waals surface area contributed by atoms with Crippen molar-refractivity contribution in [2.75, 3.05) is 0 Å². The van der Waals surface area contributed by atoms with Gasteiger partial charge in [-0.25, -0.2) is 4.99 Å².